The van der Waals surface area contributed by atoms with E-state index in [0.717, 1.165) is 17.4 Å². The Morgan fingerprint density at radius 2 is 1.93 bits per heavy atom. The van der Waals surface area contributed by atoms with Crippen LogP contribution in [-0.2, 0) is 10.0 Å². The van der Waals surface area contributed by atoms with Gasteiger partial charge in [0.25, 0.3) is 5.91 Å². The summed E-state index contributed by atoms with van der Waals surface area (Å²) < 4.78 is 31.2. The number of carbonyl (C=O) groups is 1. The van der Waals surface area contributed by atoms with Gasteiger partial charge in [0.05, 0.1) is 18.2 Å². The highest BCUT2D eigenvalue weighted by molar-refractivity contribution is 7.92. The minimum atomic E-state index is -3.40. The van der Waals surface area contributed by atoms with Crippen LogP contribution in [0, 0.1) is 6.92 Å². The summed E-state index contributed by atoms with van der Waals surface area (Å²) in [7, 11) is -3.40. The van der Waals surface area contributed by atoms with E-state index < -0.39 is 10.0 Å². The van der Waals surface area contributed by atoms with E-state index in [9.17, 15) is 13.2 Å². The minimum Gasteiger partial charge on any atom is -0.467 e. The van der Waals surface area contributed by atoms with Crippen molar-refractivity contribution in [1.29, 1.82) is 0 Å². The molecule has 0 saturated carbocycles. The summed E-state index contributed by atoms with van der Waals surface area (Å²) in [6.45, 7) is 1.89. The van der Waals surface area contributed by atoms with Gasteiger partial charge in [-0.1, -0.05) is 30.3 Å². The van der Waals surface area contributed by atoms with Crippen molar-refractivity contribution >= 4 is 27.3 Å². The molecule has 0 unspecified atom stereocenters. The number of carbonyl (C=O) groups excluding carboxylic acids is 1. The van der Waals surface area contributed by atoms with E-state index in [0.29, 0.717) is 29.1 Å². The number of aryl methyl sites for hydroxylation is 1. The highest BCUT2D eigenvalue weighted by Crippen LogP contribution is 2.35. The second-order valence-corrected chi connectivity index (χ2v) is 8.95. The average molecular weight is 423 g/mol. The second-order valence-electron chi connectivity index (χ2n) is 7.20. The van der Waals surface area contributed by atoms with E-state index in [1.165, 1.54) is 5.01 Å². The van der Waals surface area contributed by atoms with Crippen molar-refractivity contribution in [3.05, 3.63) is 89.4 Å². The zero-order valence-corrected chi connectivity index (χ0v) is 17.4. The number of amides is 1. The summed E-state index contributed by atoms with van der Waals surface area (Å²) in [6.07, 6.45) is 3.12. The number of nitrogens with one attached hydrogen (secondary N) is 1. The smallest absolute Gasteiger partial charge is 0.274 e. The van der Waals surface area contributed by atoms with Crippen LogP contribution in [0.1, 0.15) is 39.7 Å². The summed E-state index contributed by atoms with van der Waals surface area (Å²) in [6, 6.07) is 17.6. The number of benzene rings is 2. The van der Waals surface area contributed by atoms with Crippen LogP contribution in [0.5, 0.6) is 0 Å². The molecule has 8 heteroatoms. The van der Waals surface area contributed by atoms with Crippen molar-refractivity contribution in [2.45, 2.75) is 19.4 Å². The molecule has 0 fully saturated rings. The van der Waals surface area contributed by atoms with Gasteiger partial charge in [-0.2, -0.15) is 5.10 Å². The topological polar surface area (TPSA) is 92.0 Å². The number of hydrazone groups is 1. The summed E-state index contributed by atoms with van der Waals surface area (Å²) in [4.78, 5) is 13.3. The van der Waals surface area contributed by atoms with Crippen molar-refractivity contribution < 1.29 is 17.6 Å². The van der Waals surface area contributed by atoms with Crippen molar-refractivity contribution in [3.63, 3.8) is 0 Å². The average Bonchev–Trinajstić information content (AvgIpc) is 3.36. The van der Waals surface area contributed by atoms with Crippen LogP contribution in [0.4, 0.5) is 5.69 Å². The number of hydrogen-bond donors (Lipinski definition) is 1. The highest BCUT2D eigenvalue weighted by Gasteiger charge is 2.35. The fourth-order valence-electron chi connectivity index (χ4n) is 3.49. The van der Waals surface area contributed by atoms with E-state index in [4.69, 9.17) is 4.42 Å². The van der Waals surface area contributed by atoms with Gasteiger partial charge in [-0.05, 0) is 48.4 Å². The SMILES string of the molecule is Cc1ccccc1C(=O)N1N=C(c2cccc(NS(C)(=O)=O)c2)C[C@H]1c1ccco1. The number of sulfonamides is 1. The molecule has 0 spiro atoms. The van der Waals surface area contributed by atoms with Gasteiger partial charge in [0.2, 0.25) is 10.0 Å². The number of hydrogen-bond acceptors (Lipinski definition) is 5. The molecule has 3 aromatic rings. The van der Waals surface area contributed by atoms with E-state index in [1.54, 1.807) is 36.6 Å². The van der Waals surface area contributed by atoms with Crippen molar-refractivity contribution in [2.75, 3.05) is 11.0 Å². The molecule has 2 heterocycles. The number of furan rings is 1. The third-order valence-electron chi connectivity index (χ3n) is 4.86. The molecule has 4 rings (SSSR count). The van der Waals surface area contributed by atoms with Crippen molar-refractivity contribution in [3.8, 4) is 0 Å². The lowest BCUT2D eigenvalue weighted by molar-refractivity contribution is 0.0692. The normalized spacial score (nSPS) is 16.4. The minimum absolute atomic E-state index is 0.213. The zero-order chi connectivity index (χ0) is 21.3. The first kappa shape index (κ1) is 19.9. The van der Waals surface area contributed by atoms with Crippen molar-refractivity contribution in [2.24, 2.45) is 5.10 Å². The Kier molecular flexibility index (Phi) is 5.17. The molecule has 2 aromatic carbocycles. The summed E-state index contributed by atoms with van der Waals surface area (Å²) >= 11 is 0. The Balaban J connectivity index is 1.72. The van der Waals surface area contributed by atoms with Crippen LogP contribution in [0.2, 0.25) is 0 Å². The van der Waals surface area contributed by atoms with Gasteiger partial charge in [-0.25, -0.2) is 13.4 Å². The lowest BCUT2D eigenvalue weighted by Gasteiger charge is -2.20. The molecule has 154 valence electrons. The van der Waals surface area contributed by atoms with Gasteiger partial charge in [-0.15, -0.1) is 0 Å². The fourth-order valence-corrected chi connectivity index (χ4v) is 4.04. The first-order valence-electron chi connectivity index (χ1n) is 9.40. The summed E-state index contributed by atoms with van der Waals surface area (Å²) in [5, 5.41) is 6.07. The first-order valence-corrected chi connectivity index (χ1v) is 11.3. The second kappa shape index (κ2) is 7.79. The molecule has 1 N–H and O–H groups in total. The molecular formula is C22H21N3O4S. The Morgan fingerprint density at radius 3 is 2.63 bits per heavy atom. The molecule has 30 heavy (non-hydrogen) atoms. The molecule has 1 amide bonds. The third-order valence-corrected chi connectivity index (χ3v) is 5.47. The van der Waals surface area contributed by atoms with E-state index in [1.807, 2.05) is 37.3 Å². The summed E-state index contributed by atoms with van der Waals surface area (Å²) in [5.41, 5.74) is 3.29. The Hall–Kier alpha value is -3.39. The maximum absolute atomic E-state index is 13.3. The van der Waals surface area contributed by atoms with Crippen LogP contribution < -0.4 is 4.72 Å². The maximum atomic E-state index is 13.3. The van der Waals surface area contributed by atoms with Crippen LogP contribution >= 0.6 is 0 Å². The predicted octanol–water partition coefficient (Wildman–Crippen LogP) is 3.95. The largest absolute Gasteiger partial charge is 0.467 e. The van der Waals surface area contributed by atoms with Crippen LogP contribution in [0.3, 0.4) is 0 Å². The quantitative estimate of drug-likeness (QED) is 0.673. The Morgan fingerprint density at radius 1 is 1.13 bits per heavy atom. The standard InChI is InChI=1S/C22H21N3O4S/c1-15-7-3-4-10-18(15)22(26)25-20(21-11-6-12-29-21)14-19(23-25)16-8-5-9-17(13-16)24-30(2,27)28/h3-13,20,24H,14H2,1-2H3/t20-/m0/s1. The van der Waals surface area contributed by atoms with Crippen LogP contribution in [0.25, 0.3) is 0 Å². The lowest BCUT2D eigenvalue weighted by atomic mass is 10.0. The maximum Gasteiger partial charge on any atom is 0.274 e. The number of rotatable bonds is 5. The fraction of sp³-hybridized carbons (Fsp3) is 0.182. The van der Waals surface area contributed by atoms with Gasteiger partial charge < -0.3 is 4.42 Å². The van der Waals surface area contributed by atoms with E-state index in [-0.39, 0.29) is 11.9 Å². The number of nitrogens with zero attached hydrogens (tertiary/aromatic N) is 2. The zero-order valence-electron chi connectivity index (χ0n) is 16.6. The van der Waals surface area contributed by atoms with Gasteiger partial charge in [0, 0.05) is 17.7 Å². The van der Waals surface area contributed by atoms with Gasteiger partial charge in [-0.3, -0.25) is 9.52 Å². The van der Waals surface area contributed by atoms with Gasteiger partial charge in [0.15, 0.2) is 0 Å². The Labute approximate surface area is 175 Å². The number of anilines is 1. The predicted molar refractivity (Wildman–Crippen MR) is 115 cm³/mol. The van der Waals surface area contributed by atoms with Gasteiger partial charge >= 0.3 is 0 Å². The third kappa shape index (κ3) is 4.13. The molecule has 0 saturated heterocycles. The monoisotopic (exact) mass is 423 g/mol. The molecule has 0 aliphatic carbocycles. The van der Waals surface area contributed by atoms with E-state index >= 15 is 0 Å². The molecule has 1 aliphatic heterocycles. The molecule has 1 aliphatic rings. The van der Waals surface area contributed by atoms with Crippen molar-refractivity contribution in [1.82, 2.24) is 5.01 Å². The first-order chi connectivity index (χ1) is 14.3. The molecule has 1 atom stereocenters. The molecule has 0 bridgehead atoms. The lowest BCUT2D eigenvalue weighted by Crippen LogP contribution is -2.27. The van der Waals surface area contributed by atoms with E-state index in [2.05, 4.69) is 9.82 Å². The molecule has 1 aromatic heterocycles. The van der Waals surface area contributed by atoms with Gasteiger partial charge in [0.1, 0.15) is 11.8 Å². The molecular weight excluding hydrogens is 402 g/mol. The van der Waals surface area contributed by atoms with Crippen LogP contribution in [0.15, 0.2) is 76.4 Å². The highest BCUT2D eigenvalue weighted by atomic mass is 32.2. The Bertz CT molecular complexity index is 1220. The van der Waals surface area contributed by atoms with Crippen LogP contribution in [-0.4, -0.2) is 31.3 Å². The molecule has 0 radical (unpaired) electrons. The molecule has 7 nitrogen and oxygen atoms in total. The summed E-state index contributed by atoms with van der Waals surface area (Å²) in [5.74, 6) is 0.427.